The molecule has 26 heavy (non-hydrogen) atoms. The standard InChI is InChI=1S/C19H17ClN2O4/c20-15-8-12(9-16-18(15)26-11-25-16)19(24)21-13-4-3-5-14(10-13)22-7-2-1-6-17(22)23/h3-5,8-10H,1-2,6-7,11H2,(H,21,24). The first-order valence-corrected chi connectivity index (χ1v) is 8.80. The molecule has 2 aromatic carbocycles. The van der Waals surface area contributed by atoms with Crippen molar-refractivity contribution in [2.45, 2.75) is 19.3 Å². The molecule has 0 saturated carbocycles. The number of hydrogen-bond donors (Lipinski definition) is 1. The zero-order valence-corrected chi connectivity index (χ0v) is 14.7. The summed E-state index contributed by atoms with van der Waals surface area (Å²) in [4.78, 5) is 26.4. The molecule has 1 fully saturated rings. The van der Waals surface area contributed by atoms with Gasteiger partial charge in [-0.15, -0.1) is 0 Å². The smallest absolute Gasteiger partial charge is 0.255 e. The molecule has 0 aliphatic carbocycles. The molecule has 2 aliphatic rings. The Kier molecular flexibility index (Phi) is 4.42. The third kappa shape index (κ3) is 3.20. The number of benzene rings is 2. The van der Waals surface area contributed by atoms with Gasteiger partial charge in [-0.25, -0.2) is 0 Å². The average molecular weight is 373 g/mol. The summed E-state index contributed by atoms with van der Waals surface area (Å²) in [5, 5.41) is 3.17. The molecular formula is C19H17ClN2O4. The van der Waals surface area contributed by atoms with E-state index in [4.69, 9.17) is 21.1 Å². The predicted octanol–water partition coefficient (Wildman–Crippen LogP) is 3.84. The van der Waals surface area contributed by atoms with Gasteiger partial charge in [0.15, 0.2) is 11.5 Å². The summed E-state index contributed by atoms with van der Waals surface area (Å²) < 4.78 is 10.6. The highest BCUT2D eigenvalue weighted by Crippen LogP contribution is 2.40. The molecule has 2 heterocycles. The monoisotopic (exact) mass is 372 g/mol. The van der Waals surface area contributed by atoms with Crippen LogP contribution in [0, 0.1) is 0 Å². The minimum Gasteiger partial charge on any atom is -0.454 e. The van der Waals surface area contributed by atoms with Gasteiger partial charge in [0.1, 0.15) is 0 Å². The van der Waals surface area contributed by atoms with E-state index in [1.807, 2.05) is 12.1 Å². The Morgan fingerprint density at radius 1 is 1.15 bits per heavy atom. The highest BCUT2D eigenvalue weighted by molar-refractivity contribution is 6.32. The molecule has 1 N–H and O–H groups in total. The third-order valence-corrected chi connectivity index (χ3v) is 4.71. The lowest BCUT2D eigenvalue weighted by Crippen LogP contribution is -2.35. The average Bonchev–Trinajstić information content (AvgIpc) is 3.11. The van der Waals surface area contributed by atoms with Crippen LogP contribution in [0.2, 0.25) is 5.02 Å². The maximum Gasteiger partial charge on any atom is 0.255 e. The summed E-state index contributed by atoms with van der Waals surface area (Å²) in [5.74, 6) is 0.707. The number of amides is 2. The van der Waals surface area contributed by atoms with E-state index in [2.05, 4.69) is 5.32 Å². The van der Waals surface area contributed by atoms with Crippen LogP contribution < -0.4 is 19.7 Å². The summed E-state index contributed by atoms with van der Waals surface area (Å²) in [6.45, 7) is 0.792. The van der Waals surface area contributed by atoms with Crippen molar-refractivity contribution < 1.29 is 19.1 Å². The van der Waals surface area contributed by atoms with Gasteiger partial charge in [0, 0.05) is 29.9 Å². The Labute approximate surface area is 155 Å². The Balaban J connectivity index is 1.54. The van der Waals surface area contributed by atoms with E-state index in [0.29, 0.717) is 40.7 Å². The summed E-state index contributed by atoms with van der Waals surface area (Å²) >= 11 is 6.14. The molecule has 2 aromatic rings. The van der Waals surface area contributed by atoms with Crippen LogP contribution in [-0.2, 0) is 4.79 Å². The Morgan fingerprint density at radius 2 is 2.04 bits per heavy atom. The van der Waals surface area contributed by atoms with Crippen LogP contribution in [0.4, 0.5) is 11.4 Å². The molecule has 6 nitrogen and oxygen atoms in total. The maximum atomic E-state index is 12.6. The van der Waals surface area contributed by atoms with Crippen LogP contribution in [0.5, 0.6) is 11.5 Å². The van der Waals surface area contributed by atoms with Gasteiger partial charge in [-0.1, -0.05) is 17.7 Å². The van der Waals surface area contributed by atoms with Crippen LogP contribution in [-0.4, -0.2) is 25.2 Å². The fourth-order valence-corrected chi connectivity index (χ4v) is 3.40. The van der Waals surface area contributed by atoms with E-state index in [9.17, 15) is 9.59 Å². The lowest BCUT2D eigenvalue weighted by atomic mass is 10.1. The van der Waals surface area contributed by atoms with Gasteiger partial charge in [-0.05, 0) is 43.2 Å². The molecule has 0 aromatic heterocycles. The molecule has 0 radical (unpaired) electrons. The zero-order valence-electron chi connectivity index (χ0n) is 14.0. The molecule has 0 unspecified atom stereocenters. The number of anilines is 2. The number of carbonyl (C=O) groups is 2. The predicted molar refractivity (Wildman–Crippen MR) is 98.2 cm³/mol. The molecular weight excluding hydrogens is 356 g/mol. The first-order valence-electron chi connectivity index (χ1n) is 8.43. The van der Waals surface area contributed by atoms with Gasteiger partial charge in [-0.2, -0.15) is 0 Å². The molecule has 0 spiro atoms. The van der Waals surface area contributed by atoms with Crippen molar-refractivity contribution in [2.24, 2.45) is 0 Å². The fraction of sp³-hybridized carbons (Fsp3) is 0.263. The number of nitrogens with zero attached hydrogens (tertiary/aromatic N) is 1. The number of nitrogens with one attached hydrogen (secondary N) is 1. The van der Waals surface area contributed by atoms with E-state index in [1.54, 1.807) is 29.2 Å². The fourth-order valence-electron chi connectivity index (χ4n) is 3.13. The topological polar surface area (TPSA) is 67.9 Å². The van der Waals surface area contributed by atoms with Crippen molar-refractivity contribution >= 4 is 34.8 Å². The summed E-state index contributed by atoms with van der Waals surface area (Å²) in [6.07, 6.45) is 2.47. The van der Waals surface area contributed by atoms with E-state index in [-0.39, 0.29) is 18.6 Å². The van der Waals surface area contributed by atoms with Crippen LogP contribution in [0.3, 0.4) is 0 Å². The van der Waals surface area contributed by atoms with Crippen LogP contribution in [0.1, 0.15) is 29.6 Å². The number of carbonyl (C=O) groups excluding carboxylic acids is 2. The Hall–Kier alpha value is -2.73. The summed E-state index contributed by atoms with van der Waals surface area (Å²) in [5.41, 5.74) is 1.77. The molecule has 7 heteroatoms. The SMILES string of the molecule is O=C(Nc1cccc(N2CCCCC2=O)c1)c1cc(Cl)c2c(c1)OCO2. The number of fused-ring (bicyclic) bond motifs is 1. The maximum absolute atomic E-state index is 12.6. The molecule has 2 amide bonds. The molecule has 1 saturated heterocycles. The van der Waals surface area contributed by atoms with Crippen molar-refractivity contribution in [3.05, 3.63) is 47.0 Å². The van der Waals surface area contributed by atoms with Gasteiger partial charge in [-0.3, -0.25) is 9.59 Å². The minimum atomic E-state index is -0.313. The lowest BCUT2D eigenvalue weighted by molar-refractivity contribution is -0.119. The number of hydrogen-bond acceptors (Lipinski definition) is 4. The van der Waals surface area contributed by atoms with Crippen molar-refractivity contribution in [1.29, 1.82) is 0 Å². The lowest BCUT2D eigenvalue weighted by Gasteiger charge is -2.27. The van der Waals surface area contributed by atoms with Crippen molar-refractivity contribution in [3.8, 4) is 11.5 Å². The largest absolute Gasteiger partial charge is 0.454 e. The van der Waals surface area contributed by atoms with E-state index < -0.39 is 0 Å². The van der Waals surface area contributed by atoms with Gasteiger partial charge in [0.25, 0.3) is 5.91 Å². The van der Waals surface area contributed by atoms with Gasteiger partial charge in [0.05, 0.1) is 5.02 Å². The minimum absolute atomic E-state index is 0.0893. The summed E-state index contributed by atoms with van der Waals surface area (Å²) in [6, 6.07) is 10.4. The number of halogens is 1. The molecule has 0 atom stereocenters. The Bertz CT molecular complexity index is 884. The molecule has 2 aliphatic heterocycles. The van der Waals surface area contributed by atoms with Crippen LogP contribution >= 0.6 is 11.6 Å². The van der Waals surface area contributed by atoms with Crippen LogP contribution in [0.25, 0.3) is 0 Å². The van der Waals surface area contributed by atoms with Crippen LogP contribution in [0.15, 0.2) is 36.4 Å². The van der Waals surface area contributed by atoms with Crippen molar-refractivity contribution in [1.82, 2.24) is 0 Å². The quantitative estimate of drug-likeness (QED) is 0.888. The molecule has 134 valence electrons. The molecule has 4 rings (SSSR count). The second-order valence-corrected chi connectivity index (χ2v) is 6.61. The Morgan fingerprint density at radius 3 is 2.88 bits per heavy atom. The second-order valence-electron chi connectivity index (χ2n) is 6.20. The van der Waals surface area contributed by atoms with Gasteiger partial charge in [0.2, 0.25) is 12.7 Å². The number of rotatable bonds is 3. The van der Waals surface area contributed by atoms with E-state index in [0.717, 1.165) is 18.5 Å². The van der Waals surface area contributed by atoms with E-state index in [1.165, 1.54) is 0 Å². The normalized spacial score (nSPS) is 15.9. The first-order chi connectivity index (χ1) is 12.6. The van der Waals surface area contributed by atoms with Crippen molar-refractivity contribution in [3.63, 3.8) is 0 Å². The molecule has 0 bridgehead atoms. The first kappa shape index (κ1) is 16.7. The third-order valence-electron chi connectivity index (χ3n) is 4.43. The number of ether oxygens (including phenoxy) is 2. The van der Waals surface area contributed by atoms with Gasteiger partial charge < -0.3 is 19.7 Å². The number of piperidine rings is 1. The summed E-state index contributed by atoms with van der Waals surface area (Å²) in [7, 11) is 0. The second kappa shape index (κ2) is 6.88. The highest BCUT2D eigenvalue weighted by atomic mass is 35.5. The highest BCUT2D eigenvalue weighted by Gasteiger charge is 2.22. The van der Waals surface area contributed by atoms with Crippen molar-refractivity contribution in [2.75, 3.05) is 23.6 Å². The zero-order chi connectivity index (χ0) is 18.1. The van der Waals surface area contributed by atoms with Gasteiger partial charge >= 0.3 is 0 Å². The van der Waals surface area contributed by atoms with E-state index >= 15 is 0 Å².